The van der Waals surface area contributed by atoms with Crippen LogP contribution in [0.1, 0.15) is 12.6 Å². The van der Waals surface area contributed by atoms with Crippen LogP contribution in [-0.2, 0) is 0 Å². The highest BCUT2D eigenvalue weighted by atomic mass is 19.1. The normalized spacial score (nSPS) is 10.1. The second-order valence-electron chi connectivity index (χ2n) is 5.07. The Bertz CT molecular complexity index is 694. The molecule has 0 unspecified atom stereocenters. The average Bonchev–Trinajstić information content (AvgIpc) is 2.51. The van der Waals surface area contributed by atoms with Crippen LogP contribution in [-0.4, -0.2) is 35.6 Å². The fraction of sp³-hybridized carbons (Fsp3) is 0.312. The maximum absolute atomic E-state index is 13.0. The number of amides is 2. The van der Waals surface area contributed by atoms with Crippen LogP contribution in [0.4, 0.5) is 26.6 Å². The van der Waals surface area contributed by atoms with Crippen molar-refractivity contribution in [3.8, 4) is 0 Å². The van der Waals surface area contributed by atoms with Gasteiger partial charge in [0.1, 0.15) is 11.6 Å². The lowest BCUT2D eigenvalue weighted by Gasteiger charge is -2.10. The van der Waals surface area contributed by atoms with Gasteiger partial charge in [-0.15, -0.1) is 0 Å². The second kappa shape index (κ2) is 8.66. The molecule has 0 radical (unpaired) electrons. The number of urea groups is 1. The number of nitrogens with zero attached hydrogens (tertiary/aromatic N) is 2. The molecule has 0 aliphatic heterocycles. The lowest BCUT2D eigenvalue weighted by Crippen LogP contribution is -2.32. The molecule has 24 heavy (non-hydrogen) atoms. The third kappa shape index (κ3) is 5.71. The van der Waals surface area contributed by atoms with E-state index >= 15 is 0 Å². The summed E-state index contributed by atoms with van der Waals surface area (Å²) < 4.78 is 13.0. The average molecular weight is 332 g/mol. The second-order valence-corrected chi connectivity index (χ2v) is 5.07. The van der Waals surface area contributed by atoms with E-state index in [4.69, 9.17) is 0 Å². The topological polar surface area (TPSA) is 91.0 Å². The molecule has 2 rings (SSSR count). The predicted octanol–water partition coefficient (Wildman–Crippen LogP) is 2.59. The van der Waals surface area contributed by atoms with E-state index in [-0.39, 0.29) is 0 Å². The first kappa shape index (κ1) is 17.5. The first-order chi connectivity index (χ1) is 11.6. The van der Waals surface area contributed by atoms with Crippen LogP contribution in [0.15, 0.2) is 30.3 Å². The van der Waals surface area contributed by atoms with E-state index in [1.807, 2.05) is 19.9 Å². The molecule has 8 heteroatoms. The zero-order chi connectivity index (χ0) is 17.4. The van der Waals surface area contributed by atoms with E-state index in [2.05, 4.69) is 31.2 Å². The van der Waals surface area contributed by atoms with Crippen molar-refractivity contribution >= 4 is 23.5 Å². The monoisotopic (exact) mass is 332 g/mol. The van der Waals surface area contributed by atoms with Gasteiger partial charge in [0, 0.05) is 37.1 Å². The predicted molar refractivity (Wildman–Crippen MR) is 92.8 cm³/mol. The van der Waals surface area contributed by atoms with Crippen LogP contribution in [0.2, 0.25) is 0 Å². The van der Waals surface area contributed by atoms with Crippen molar-refractivity contribution < 1.29 is 9.18 Å². The molecule has 0 saturated carbocycles. The molecule has 0 bridgehead atoms. The minimum Gasteiger partial charge on any atom is -0.368 e. The van der Waals surface area contributed by atoms with Gasteiger partial charge in [0.15, 0.2) is 0 Å². The summed E-state index contributed by atoms with van der Waals surface area (Å²) in [5, 5.41) is 11.4. The Morgan fingerprint density at radius 1 is 1.17 bits per heavy atom. The van der Waals surface area contributed by atoms with Crippen LogP contribution in [0.5, 0.6) is 0 Å². The smallest absolute Gasteiger partial charge is 0.319 e. The number of carbonyl (C=O) groups is 1. The summed E-state index contributed by atoms with van der Waals surface area (Å²) in [5.41, 5.74) is 1.25. The molecular weight excluding hydrogens is 311 g/mol. The van der Waals surface area contributed by atoms with Crippen molar-refractivity contribution in [2.45, 2.75) is 13.8 Å². The van der Waals surface area contributed by atoms with E-state index in [0.29, 0.717) is 30.5 Å². The van der Waals surface area contributed by atoms with Crippen LogP contribution in [0.3, 0.4) is 0 Å². The number of benzene rings is 1. The lowest BCUT2D eigenvalue weighted by atomic mass is 10.3. The summed E-state index contributed by atoms with van der Waals surface area (Å²) >= 11 is 0. The van der Waals surface area contributed by atoms with Gasteiger partial charge >= 0.3 is 6.03 Å². The highest BCUT2D eigenvalue weighted by Gasteiger charge is 2.03. The Morgan fingerprint density at radius 2 is 2.00 bits per heavy atom. The summed E-state index contributed by atoms with van der Waals surface area (Å²) in [7, 11) is 0. The molecule has 7 nitrogen and oxygen atoms in total. The molecule has 4 N–H and O–H groups in total. The minimum atomic E-state index is -0.398. The van der Waals surface area contributed by atoms with E-state index < -0.39 is 11.8 Å². The van der Waals surface area contributed by atoms with Crippen molar-refractivity contribution in [2.75, 3.05) is 35.6 Å². The van der Waals surface area contributed by atoms with Crippen LogP contribution >= 0.6 is 0 Å². The molecule has 1 aromatic carbocycles. The first-order valence-corrected chi connectivity index (χ1v) is 7.70. The molecule has 2 aromatic rings. The largest absolute Gasteiger partial charge is 0.368 e. The van der Waals surface area contributed by atoms with Gasteiger partial charge in [0.2, 0.25) is 5.95 Å². The molecule has 2 amide bonds. The van der Waals surface area contributed by atoms with Gasteiger partial charge in [-0.2, -0.15) is 4.98 Å². The molecule has 0 aliphatic rings. The van der Waals surface area contributed by atoms with E-state index in [9.17, 15) is 9.18 Å². The number of hydrogen-bond acceptors (Lipinski definition) is 5. The Balaban J connectivity index is 1.75. The minimum absolute atomic E-state index is 0.390. The van der Waals surface area contributed by atoms with Gasteiger partial charge in [0.05, 0.1) is 0 Å². The standard InChI is InChI=1S/C16H21FN6O/c1-3-18-15-21-11(2)9-14(23-15)19-7-8-20-16(24)22-13-6-4-5-12(17)10-13/h4-6,9-10H,3,7-8H2,1-2H3,(H2,20,22,24)(H2,18,19,21,23). The summed E-state index contributed by atoms with van der Waals surface area (Å²) in [6.07, 6.45) is 0. The number of aromatic nitrogens is 2. The highest BCUT2D eigenvalue weighted by Crippen LogP contribution is 2.09. The number of nitrogens with one attached hydrogen (secondary N) is 4. The van der Waals surface area contributed by atoms with Crippen LogP contribution < -0.4 is 21.3 Å². The third-order valence-corrected chi connectivity index (χ3v) is 2.99. The summed E-state index contributed by atoms with van der Waals surface area (Å²) in [4.78, 5) is 20.3. The number of carbonyl (C=O) groups excluding carboxylic acids is 1. The number of rotatable bonds is 7. The first-order valence-electron chi connectivity index (χ1n) is 7.70. The van der Waals surface area contributed by atoms with Gasteiger partial charge in [-0.3, -0.25) is 0 Å². The quantitative estimate of drug-likeness (QED) is 0.585. The molecular formula is C16H21FN6O. The highest BCUT2D eigenvalue weighted by molar-refractivity contribution is 5.89. The van der Waals surface area contributed by atoms with Crippen molar-refractivity contribution in [2.24, 2.45) is 0 Å². The van der Waals surface area contributed by atoms with E-state index in [1.54, 1.807) is 6.07 Å². The number of aryl methyl sites for hydroxylation is 1. The zero-order valence-corrected chi connectivity index (χ0v) is 13.7. The number of halogens is 1. The van der Waals surface area contributed by atoms with Gasteiger partial charge in [-0.1, -0.05) is 6.07 Å². The van der Waals surface area contributed by atoms with Gasteiger partial charge in [-0.25, -0.2) is 14.2 Å². The maximum Gasteiger partial charge on any atom is 0.319 e. The molecule has 0 spiro atoms. The molecule has 0 atom stereocenters. The SMILES string of the molecule is CCNc1nc(C)cc(NCCNC(=O)Nc2cccc(F)c2)n1. The van der Waals surface area contributed by atoms with Crippen molar-refractivity contribution in [3.63, 3.8) is 0 Å². The van der Waals surface area contributed by atoms with Crippen molar-refractivity contribution in [1.82, 2.24) is 15.3 Å². The van der Waals surface area contributed by atoms with Crippen molar-refractivity contribution in [1.29, 1.82) is 0 Å². The number of hydrogen-bond donors (Lipinski definition) is 4. The van der Waals surface area contributed by atoms with Crippen molar-refractivity contribution in [3.05, 3.63) is 41.8 Å². The Kier molecular flexibility index (Phi) is 6.30. The fourth-order valence-electron chi connectivity index (χ4n) is 2.00. The molecule has 128 valence electrons. The summed E-state index contributed by atoms with van der Waals surface area (Å²) in [5.74, 6) is 0.854. The third-order valence-electron chi connectivity index (χ3n) is 2.99. The van der Waals surface area contributed by atoms with Crippen LogP contribution in [0, 0.1) is 12.7 Å². The number of anilines is 3. The molecule has 1 aromatic heterocycles. The summed E-state index contributed by atoms with van der Waals surface area (Å²) in [6.45, 7) is 5.49. The zero-order valence-electron chi connectivity index (χ0n) is 13.7. The molecule has 0 aliphatic carbocycles. The Labute approximate surface area is 140 Å². The molecule has 0 fully saturated rings. The fourth-order valence-corrected chi connectivity index (χ4v) is 2.00. The van der Waals surface area contributed by atoms with E-state index in [1.165, 1.54) is 18.2 Å². The Hall–Kier alpha value is -2.90. The molecule has 1 heterocycles. The Morgan fingerprint density at radius 3 is 2.75 bits per heavy atom. The maximum atomic E-state index is 13.0. The van der Waals surface area contributed by atoms with E-state index in [0.717, 1.165) is 12.2 Å². The lowest BCUT2D eigenvalue weighted by molar-refractivity contribution is 0.252. The molecule has 0 saturated heterocycles. The van der Waals surface area contributed by atoms with Gasteiger partial charge in [-0.05, 0) is 32.0 Å². The summed E-state index contributed by atoms with van der Waals surface area (Å²) in [6, 6.07) is 7.16. The van der Waals surface area contributed by atoms with Gasteiger partial charge in [0.25, 0.3) is 0 Å². The van der Waals surface area contributed by atoms with Gasteiger partial charge < -0.3 is 21.3 Å². The van der Waals surface area contributed by atoms with Crippen LogP contribution in [0.25, 0.3) is 0 Å².